The minimum Gasteiger partial charge on any atom is -0.321 e. The van der Waals surface area contributed by atoms with Gasteiger partial charge in [-0.1, -0.05) is 44.2 Å². The lowest BCUT2D eigenvalue weighted by atomic mass is 9.97. The number of hydrogen-bond acceptors (Lipinski definition) is 3. The molecule has 0 saturated carbocycles. The molecule has 29 heavy (non-hydrogen) atoms. The molecule has 2 amide bonds. The van der Waals surface area contributed by atoms with Crippen molar-refractivity contribution in [2.75, 3.05) is 30.5 Å². The van der Waals surface area contributed by atoms with Crippen LogP contribution in [0.3, 0.4) is 0 Å². The Morgan fingerprint density at radius 2 is 1.62 bits per heavy atom. The van der Waals surface area contributed by atoms with Crippen LogP contribution in [-0.2, 0) is 9.59 Å². The van der Waals surface area contributed by atoms with E-state index in [-0.39, 0.29) is 24.4 Å². The predicted molar refractivity (Wildman–Crippen MR) is 122 cm³/mol. The Kier molecular flexibility index (Phi) is 8.73. The van der Waals surface area contributed by atoms with Crippen molar-refractivity contribution < 1.29 is 14.5 Å². The van der Waals surface area contributed by atoms with Gasteiger partial charge in [-0.2, -0.15) is 0 Å². The van der Waals surface area contributed by atoms with Gasteiger partial charge in [0.15, 0.2) is 12.6 Å². The highest BCUT2D eigenvalue weighted by molar-refractivity contribution is 7.98. The van der Waals surface area contributed by atoms with E-state index >= 15 is 0 Å². The molecule has 2 rings (SSSR count). The molecule has 2 aromatic rings. The molecule has 0 aromatic heterocycles. The molecule has 2 aromatic carbocycles. The van der Waals surface area contributed by atoms with Gasteiger partial charge in [0.05, 0.1) is 12.7 Å². The van der Waals surface area contributed by atoms with Crippen molar-refractivity contribution in [2.24, 2.45) is 0 Å². The maximum absolute atomic E-state index is 12.8. The van der Waals surface area contributed by atoms with E-state index in [0.717, 1.165) is 33.2 Å². The number of thioether (sulfide) groups is 1. The van der Waals surface area contributed by atoms with E-state index in [9.17, 15) is 9.59 Å². The largest absolute Gasteiger partial charge is 0.321 e. The predicted octanol–water partition coefficient (Wildman–Crippen LogP) is 3.40. The summed E-state index contributed by atoms with van der Waals surface area (Å²) in [7, 11) is 1.87. The third-order valence-electron chi connectivity index (χ3n) is 5.31. The van der Waals surface area contributed by atoms with Crippen LogP contribution >= 0.6 is 11.8 Å². The number of carbonyl (C=O) groups is 2. The average molecular weight is 415 g/mol. The fraction of sp³-hybridized carbons (Fsp3) is 0.391. The maximum atomic E-state index is 12.8. The van der Waals surface area contributed by atoms with Gasteiger partial charge in [0, 0.05) is 10.6 Å². The molecule has 3 atom stereocenters. The summed E-state index contributed by atoms with van der Waals surface area (Å²) >= 11 is 1.59. The first-order valence-corrected chi connectivity index (χ1v) is 11.2. The molecule has 0 saturated heterocycles. The summed E-state index contributed by atoms with van der Waals surface area (Å²) in [6.45, 7) is 6.35. The molecule has 3 N–H and O–H groups in total. The number of para-hydroxylation sites is 2. The summed E-state index contributed by atoms with van der Waals surface area (Å²) in [5, 5.41) is 6.01. The average Bonchev–Trinajstić information content (AvgIpc) is 2.73. The number of hydrogen-bond donors (Lipinski definition) is 3. The maximum Gasteiger partial charge on any atom is 0.282 e. The van der Waals surface area contributed by atoms with Crippen LogP contribution < -0.4 is 15.5 Å². The van der Waals surface area contributed by atoms with Crippen LogP contribution in [-0.4, -0.2) is 37.7 Å². The number of benzene rings is 2. The zero-order chi connectivity index (χ0) is 21.4. The zero-order valence-corrected chi connectivity index (χ0v) is 18.7. The van der Waals surface area contributed by atoms with Crippen LogP contribution in [0.1, 0.15) is 38.7 Å². The SMILES string of the molecule is CC[C@H](C)c1ccccc1NC(=O)[C@H](C)[NH+](C)CC(=O)Nc1ccccc1SC. The van der Waals surface area contributed by atoms with Crippen LogP contribution in [0.15, 0.2) is 53.4 Å². The number of anilines is 2. The molecule has 0 radical (unpaired) electrons. The van der Waals surface area contributed by atoms with E-state index in [4.69, 9.17) is 0 Å². The highest BCUT2D eigenvalue weighted by Crippen LogP contribution is 2.26. The van der Waals surface area contributed by atoms with Crippen LogP contribution in [0.5, 0.6) is 0 Å². The van der Waals surface area contributed by atoms with Gasteiger partial charge >= 0.3 is 0 Å². The first kappa shape index (κ1) is 23.0. The van der Waals surface area contributed by atoms with Crippen molar-refractivity contribution in [1.29, 1.82) is 0 Å². The molecule has 0 aliphatic carbocycles. The molecule has 0 bridgehead atoms. The highest BCUT2D eigenvalue weighted by atomic mass is 32.2. The van der Waals surface area contributed by atoms with Crippen LogP contribution in [0, 0.1) is 0 Å². The monoisotopic (exact) mass is 414 g/mol. The second-order valence-corrected chi connectivity index (χ2v) is 8.23. The van der Waals surface area contributed by atoms with Crippen molar-refractivity contribution in [1.82, 2.24) is 0 Å². The standard InChI is InChI=1S/C23H31N3O2S/c1-6-16(2)18-11-7-8-12-19(18)25-23(28)17(3)26(4)15-22(27)24-20-13-9-10-14-21(20)29-5/h7-14,16-17H,6,15H2,1-5H3,(H,24,27)(H,25,28)/p+1/t16-,17-/m0/s1. The van der Waals surface area contributed by atoms with Crippen molar-refractivity contribution in [2.45, 2.75) is 44.0 Å². The Bertz CT molecular complexity index is 840. The molecule has 0 aliphatic rings. The van der Waals surface area contributed by atoms with Gasteiger partial charge in [-0.25, -0.2) is 0 Å². The van der Waals surface area contributed by atoms with Crippen LogP contribution in [0.2, 0.25) is 0 Å². The van der Waals surface area contributed by atoms with E-state index < -0.39 is 0 Å². The number of likely N-dealkylation sites (N-methyl/N-ethyl adjacent to an activating group) is 1. The van der Waals surface area contributed by atoms with E-state index in [1.54, 1.807) is 11.8 Å². The summed E-state index contributed by atoms with van der Waals surface area (Å²) < 4.78 is 0. The Morgan fingerprint density at radius 1 is 1.00 bits per heavy atom. The van der Waals surface area contributed by atoms with Crippen LogP contribution in [0.4, 0.5) is 11.4 Å². The molecule has 0 aliphatic heterocycles. The number of amides is 2. The molecule has 0 heterocycles. The van der Waals surface area contributed by atoms with E-state index in [0.29, 0.717) is 5.92 Å². The highest BCUT2D eigenvalue weighted by Gasteiger charge is 2.25. The smallest absolute Gasteiger partial charge is 0.282 e. The molecule has 6 heteroatoms. The number of rotatable bonds is 9. The Hall–Kier alpha value is -2.31. The van der Waals surface area contributed by atoms with E-state index in [2.05, 4.69) is 30.5 Å². The molecule has 1 unspecified atom stereocenters. The van der Waals surface area contributed by atoms with Gasteiger partial charge in [-0.15, -0.1) is 11.8 Å². The Balaban J connectivity index is 1.98. The molecular weight excluding hydrogens is 382 g/mol. The third-order valence-corrected chi connectivity index (χ3v) is 6.11. The molecule has 156 valence electrons. The van der Waals surface area contributed by atoms with Gasteiger partial charge in [-0.05, 0) is 49.3 Å². The third kappa shape index (κ3) is 6.34. The Labute approximate surface area is 178 Å². The van der Waals surface area contributed by atoms with Crippen molar-refractivity contribution >= 4 is 35.0 Å². The molecule has 5 nitrogen and oxygen atoms in total. The van der Waals surface area contributed by atoms with Gasteiger partial charge in [0.25, 0.3) is 11.8 Å². The van der Waals surface area contributed by atoms with E-state index in [1.807, 2.05) is 62.7 Å². The summed E-state index contributed by atoms with van der Waals surface area (Å²) in [6.07, 6.45) is 2.98. The van der Waals surface area contributed by atoms with Gasteiger partial charge < -0.3 is 15.5 Å². The summed E-state index contributed by atoms with van der Waals surface area (Å²) in [4.78, 5) is 27.1. The first-order valence-electron chi connectivity index (χ1n) is 10.0. The van der Waals surface area contributed by atoms with Gasteiger partial charge in [-0.3, -0.25) is 9.59 Å². The fourth-order valence-electron chi connectivity index (χ4n) is 3.07. The zero-order valence-electron chi connectivity index (χ0n) is 17.9. The van der Waals surface area contributed by atoms with E-state index in [1.165, 1.54) is 0 Å². The second kappa shape index (κ2) is 11.0. The summed E-state index contributed by atoms with van der Waals surface area (Å²) in [6, 6.07) is 15.3. The summed E-state index contributed by atoms with van der Waals surface area (Å²) in [5.74, 6) is 0.174. The van der Waals surface area contributed by atoms with Crippen molar-refractivity contribution in [3.8, 4) is 0 Å². The fourth-order valence-corrected chi connectivity index (χ4v) is 3.63. The molecule has 0 fully saturated rings. The number of carbonyl (C=O) groups excluding carboxylic acids is 2. The lowest BCUT2D eigenvalue weighted by molar-refractivity contribution is -0.885. The summed E-state index contributed by atoms with van der Waals surface area (Å²) in [5.41, 5.74) is 2.79. The normalized spacial score (nSPS) is 14.0. The number of nitrogens with one attached hydrogen (secondary N) is 3. The molecule has 0 spiro atoms. The van der Waals surface area contributed by atoms with Crippen LogP contribution in [0.25, 0.3) is 0 Å². The van der Waals surface area contributed by atoms with Gasteiger partial charge in [0.2, 0.25) is 0 Å². The van der Waals surface area contributed by atoms with Gasteiger partial charge in [0.1, 0.15) is 0 Å². The Morgan fingerprint density at radius 3 is 2.28 bits per heavy atom. The van der Waals surface area contributed by atoms with Crippen molar-refractivity contribution in [3.05, 3.63) is 54.1 Å². The lowest BCUT2D eigenvalue weighted by Crippen LogP contribution is -3.14. The number of quaternary nitrogens is 1. The second-order valence-electron chi connectivity index (χ2n) is 7.38. The minimum absolute atomic E-state index is 0.0874. The molecular formula is C23H32N3O2S+. The van der Waals surface area contributed by atoms with Crippen molar-refractivity contribution in [3.63, 3.8) is 0 Å². The first-order chi connectivity index (χ1) is 13.9. The minimum atomic E-state index is -0.360. The quantitative estimate of drug-likeness (QED) is 0.551. The topological polar surface area (TPSA) is 62.6 Å². The lowest BCUT2D eigenvalue weighted by Gasteiger charge is -2.22.